The van der Waals surface area contributed by atoms with Crippen LogP contribution in [0.3, 0.4) is 0 Å². The average molecular weight is 340 g/mol. The molecule has 7 heteroatoms. The number of ether oxygens (including phenoxy) is 1. The van der Waals surface area contributed by atoms with Gasteiger partial charge in [0.05, 0.1) is 6.61 Å². The van der Waals surface area contributed by atoms with Crippen LogP contribution in [0.2, 0.25) is 5.02 Å². The van der Waals surface area contributed by atoms with E-state index in [-0.39, 0.29) is 12.5 Å². The number of halogens is 1. The monoisotopic (exact) mass is 339 g/mol. The van der Waals surface area contributed by atoms with E-state index in [0.717, 1.165) is 27.4 Å². The van der Waals surface area contributed by atoms with Gasteiger partial charge in [0.2, 0.25) is 5.91 Å². The fourth-order valence-corrected chi connectivity index (χ4v) is 2.90. The van der Waals surface area contributed by atoms with Crippen LogP contribution in [-0.4, -0.2) is 30.6 Å². The van der Waals surface area contributed by atoms with Gasteiger partial charge in [-0.25, -0.2) is 4.98 Å². The van der Waals surface area contributed by atoms with E-state index >= 15 is 0 Å². The van der Waals surface area contributed by atoms with E-state index in [2.05, 4.69) is 10.3 Å². The smallest absolute Gasteiger partial charge is 0.245 e. The molecule has 0 saturated carbocycles. The lowest BCUT2D eigenvalue weighted by molar-refractivity contribution is -0.118. The maximum atomic E-state index is 11.8. The summed E-state index contributed by atoms with van der Waals surface area (Å²) in [5.41, 5.74) is 7.82. The second-order valence-electron chi connectivity index (χ2n) is 4.94. The molecule has 0 aliphatic rings. The van der Waals surface area contributed by atoms with Crippen molar-refractivity contribution in [2.75, 3.05) is 19.0 Å². The first-order valence-corrected chi connectivity index (χ1v) is 7.94. The Labute approximate surface area is 138 Å². The van der Waals surface area contributed by atoms with E-state index in [4.69, 9.17) is 22.1 Å². The van der Waals surface area contributed by atoms with Crippen LogP contribution >= 0.6 is 22.9 Å². The van der Waals surface area contributed by atoms with Crippen molar-refractivity contribution in [1.82, 2.24) is 4.98 Å². The lowest BCUT2D eigenvalue weighted by atomic mass is 10.1. The molecule has 0 bridgehead atoms. The summed E-state index contributed by atoms with van der Waals surface area (Å²) in [6, 6.07) is 5.27. The van der Waals surface area contributed by atoms with Crippen LogP contribution in [0.25, 0.3) is 0 Å². The lowest BCUT2D eigenvalue weighted by Gasteiger charge is -2.08. The van der Waals surface area contributed by atoms with Crippen LogP contribution < -0.4 is 11.1 Å². The number of hydrogen-bond acceptors (Lipinski definition) is 5. The summed E-state index contributed by atoms with van der Waals surface area (Å²) in [6.07, 6.45) is 2.47. The van der Waals surface area contributed by atoms with E-state index in [9.17, 15) is 4.79 Å². The summed E-state index contributed by atoms with van der Waals surface area (Å²) < 4.78 is 4.85. The molecule has 0 spiro atoms. The number of methoxy groups -OCH3 is 1. The Hall–Kier alpha value is -1.47. The van der Waals surface area contributed by atoms with Crippen LogP contribution in [0.1, 0.15) is 16.0 Å². The fraction of sp³-hybridized carbons (Fsp3) is 0.333. The second-order valence-corrected chi connectivity index (χ2v) is 6.47. The molecule has 0 aliphatic carbocycles. The van der Waals surface area contributed by atoms with Crippen molar-refractivity contribution < 1.29 is 9.53 Å². The molecular formula is C15H18ClN3O2S. The predicted octanol–water partition coefficient (Wildman–Crippen LogP) is 2.61. The van der Waals surface area contributed by atoms with E-state index in [1.165, 1.54) is 18.4 Å². The molecule has 0 fully saturated rings. The van der Waals surface area contributed by atoms with E-state index < -0.39 is 6.04 Å². The van der Waals surface area contributed by atoms with Gasteiger partial charge >= 0.3 is 0 Å². The van der Waals surface area contributed by atoms with Crippen LogP contribution in [-0.2, 0) is 16.0 Å². The number of benzene rings is 1. The lowest BCUT2D eigenvalue weighted by Crippen LogP contribution is -2.39. The number of rotatable bonds is 6. The molecule has 1 atom stereocenters. The molecule has 0 aliphatic heterocycles. The van der Waals surface area contributed by atoms with Crippen molar-refractivity contribution in [3.63, 3.8) is 0 Å². The summed E-state index contributed by atoms with van der Waals surface area (Å²) in [7, 11) is 1.50. The highest BCUT2D eigenvalue weighted by Gasteiger charge is 2.15. The highest BCUT2D eigenvalue weighted by atomic mass is 35.5. The minimum Gasteiger partial charge on any atom is -0.383 e. The number of amides is 1. The predicted molar refractivity (Wildman–Crippen MR) is 89.6 cm³/mol. The van der Waals surface area contributed by atoms with Crippen LogP contribution in [0, 0.1) is 6.92 Å². The zero-order chi connectivity index (χ0) is 16.1. The standard InChI is InChI=1S/C15H18ClN3O2S/c1-9-3-4-10(6-12(9)16)5-11-7-18-15(22-11)19-14(20)13(17)8-21-2/h3-4,6-7,13H,5,8,17H2,1-2H3,(H,18,19,20). The Bertz CT molecular complexity index is 660. The van der Waals surface area contributed by atoms with Crippen molar-refractivity contribution in [2.24, 2.45) is 5.73 Å². The number of nitrogens with two attached hydrogens (primary N) is 1. The molecule has 1 heterocycles. The zero-order valence-corrected chi connectivity index (χ0v) is 14.0. The maximum absolute atomic E-state index is 11.8. The number of aromatic nitrogens is 1. The Morgan fingerprint density at radius 1 is 1.55 bits per heavy atom. The Balaban J connectivity index is 1.99. The fourth-order valence-electron chi connectivity index (χ4n) is 1.85. The van der Waals surface area contributed by atoms with Crippen LogP contribution in [0.5, 0.6) is 0 Å². The molecular weight excluding hydrogens is 322 g/mol. The normalized spacial score (nSPS) is 12.2. The molecule has 1 aromatic heterocycles. The minimum absolute atomic E-state index is 0.173. The molecule has 2 aromatic rings. The number of hydrogen-bond donors (Lipinski definition) is 2. The van der Waals surface area contributed by atoms with Crippen LogP contribution in [0.4, 0.5) is 5.13 Å². The first-order valence-electron chi connectivity index (χ1n) is 6.74. The van der Waals surface area contributed by atoms with Gasteiger partial charge in [0.15, 0.2) is 5.13 Å². The van der Waals surface area contributed by atoms with Gasteiger partial charge in [-0.15, -0.1) is 11.3 Å². The van der Waals surface area contributed by atoms with Crippen molar-refractivity contribution in [3.05, 3.63) is 45.4 Å². The third-order valence-corrected chi connectivity index (χ3v) is 4.40. The SMILES string of the molecule is COCC(N)C(=O)Nc1ncc(Cc2ccc(C)c(Cl)c2)s1. The molecule has 1 amide bonds. The number of nitrogens with zero attached hydrogens (tertiary/aromatic N) is 1. The Kier molecular flexibility index (Phi) is 5.90. The first kappa shape index (κ1) is 16.9. The number of carbonyl (C=O) groups is 1. The number of aryl methyl sites for hydroxylation is 1. The van der Waals surface area contributed by atoms with Gasteiger partial charge in [0.1, 0.15) is 6.04 Å². The summed E-state index contributed by atoms with van der Waals surface area (Å²) in [4.78, 5) is 17.0. The largest absolute Gasteiger partial charge is 0.383 e. The van der Waals surface area contributed by atoms with Gasteiger partial charge in [0, 0.05) is 29.6 Å². The number of carbonyl (C=O) groups excluding carboxylic acids is 1. The molecule has 5 nitrogen and oxygen atoms in total. The molecule has 3 N–H and O–H groups in total. The van der Waals surface area contributed by atoms with Crippen molar-refractivity contribution >= 4 is 34.0 Å². The van der Waals surface area contributed by atoms with Gasteiger partial charge in [-0.05, 0) is 24.1 Å². The number of anilines is 1. The van der Waals surface area contributed by atoms with E-state index in [1.54, 1.807) is 6.20 Å². The van der Waals surface area contributed by atoms with Gasteiger partial charge in [-0.3, -0.25) is 4.79 Å². The van der Waals surface area contributed by atoms with Crippen molar-refractivity contribution in [2.45, 2.75) is 19.4 Å². The third kappa shape index (κ3) is 4.51. The summed E-state index contributed by atoms with van der Waals surface area (Å²) in [5.74, 6) is -0.305. The summed E-state index contributed by atoms with van der Waals surface area (Å²) in [5, 5.41) is 3.97. The third-order valence-electron chi connectivity index (χ3n) is 3.08. The number of nitrogens with one attached hydrogen (secondary N) is 1. The summed E-state index contributed by atoms with van der Waals surface area (Å²) in [6.45, 7) is 2.14. The quantitative estimate of drug-likeness (QED) is 0.848. The zero-order valence-electron chi connectivity index (χ0n) is 12.4. The second kappa shape index (κ2) is 7.69. The average Bonchev–Trinajstić information content (AvgIpc) is 2.90. The molecule has 1 aromatic carbocycles. The van der Waals surface area contributed by atoms with Gasteiger partial charge in [0.25, 0.3) is 0 Å². The Morgan fingerprint density at radius 2 is 2.32 bits per heavy atom. The van der Waals surface area contributed by atoms with E-state index in [1.807, 2.05) is 25.1 Å². The maximum Gasteiger partial charge on any atom is 0.245 e. The Morgan fingerprint density at radius 3 is 3.00 bits per heavy atom. The molecule has 118 valence electrons. The van der Waals surface area contributed by atoms with Gasteiger partial charge in [-0.1, -0.05) is 23.7 Å². The van der Waals surface area contributed by atoms with Gasteiger partial charge in [-0.2, -0.15) is 0 Å². The first-order chi connectivity index (χ1) is 10.5. The molecule has 0 saturated heterocycles. The van der Waals surface area contributed by atoms with Gasteiger partial charge < -0.3 is 15.8 Å². The molecule has 1 unspecified atom stereocenters. The van der Waals surface area contributed by atoms with Crippen molar-refractivity contribution in [1.29, 1.82) is 0 Å². The highest BCUT2D eigenvalue weighted by Crippen LogP contribution is 2.23. The molecule has 22 heavy (non-hydrogen) atoms. The van der Waals surface area contributed by atoms with E-state index in [0.29, 0.717) is 5.13 Å². The highest BCUT2D eigenvalue weighted by molar-refractivity contribution is 7.15. The molecule has 0 radical (unpaired) electrons. The van der Waals surface area contributed by atoms with Crippen molar-refractivity contribution in [3.8, 4) is 0 Å². The summed E-state index contributed by atoms with van der Waals surface area (Å²) >= 11 is 7.54. The minimum atomic E-state index is -0.701. The number of thiazole rings is 1. The molecule has 2 rings (SSSR count). The van der Waals surface area contributed by atoms with Crippen LogP contribution in [0.15, 0.2) is 24.4 Å². The topological polar surface area (TPSA) is 77.2 Å².